The van der Waals surface area contributed by atoms with Gasteiger partial charge in [-0.2, -0.15) is 5.26 Å². The van der Waals surface area contributed by atoms with Crippen LogP contribution in [0.1, 0.15) is 156 Å². The molecule has 1 unspecified atom stereocenters. The van der Waals surface area contributed by atoms with Crippen molar-refractivity contribution in [3.63, 3.8) is 0 Å². The normalized spacial score (nSPS) is 13.3. The fourth-order valence-corrected chi connectivity index (χ4v) is 4.24. The Balaban J connectivity index is 3.63. The van der Waals surface area contributed by atoms with E-state index in [1.165, 1.54) is 122 Å². The number of nitrogens with one attached hydrogen (secondary N) is 1. The summed E-state index contributed by atoms with van der Waals surface area (Å²) in [6.45, 7) is 7.74. The molecule has 0 rings (SSSR count). The van der Waals surface area contributed by atoms with Crippen LogP contribution >= 0.6 is 0 Å². The third kappa shape index (κ3) is 18.0. The van der Waals surface area contributed by atoms with Gasteiger partial charge >= 0.3 is 0 Å². The van der Waals surface area contributed by atoms with Gasteiger partial charge in [0, 0.05) is 0 Å². The van der Waals surface area contributed by atoms with Crippen molar-refractivity contribution in [3.8, 4) is 6.07 Å². The van der Waals surface area contributed by atoms with Gasteiger partial charge < -0.3 is 0 Å². The first-order valence-corrected chi connectivity index (χ1v) is 13.4. The molecule has 1 N–H and O–H groups in total. The van der Waals surface area contributed by atoms with Crippen LogP contribution in [-0.2, 0) is 0 Å². The van der Waals surface area contributed by atoms with E-state index in [2.05, 4.69) is 32.2 Å². The molecule has 0 aromatic carbocycles. The molecule has 0 aliphatic carbocycles. The second kappa shape index (κ2) is 22.1. The highest BCUT2D eigenvalue weighted by atomic mass is 15.0. The first kappa shape index (κ1) is 28.5. The summed E-state index contributed by atoms with van der Waals surface area (Å²) in [6, 6.07) is 2.61. The molecule has 0 saturated carbocycles. The lowest BCUT2D eigenvalue weighted by molar-refractivity contribution is 0.352. The van der Waals surface area contributed by atoms with E-state index >= 15 is 0 Å². The van der Waals surface area contributed by atoms with Gasteiger partial charge in [0.25, 0.3) is 0 Å². The molecule has 0 heterocycles. The quantitative estimate of drug-likeness (QED) is 0.172. The first-order valence-electron chi connectivity index (χ1n) is 13.4. The Morgan fingerprint density at radius 2 is 0.931 bits per heavy atom. The highest BCUT2D eigenvalue weighted by molar-refractivity contribution is 5.06. The number of hydrogen-bond donors (Lipinski definition) is 1. The van der Waals surface area contributed by atoms with Crippen molar-refractivity contribution in [1.82, 2.24) is 5.32 Å². The van der Waals surface area contributed by atoms with Gasteiger partial charge in [0.1, 0.15) is 5.54 Å². The second-order valence-corrected chi connectivity index (χ2v) is 9.23. The van der Waals surface area contributed by atoms with Crippen LogP contribution in [-0.4, -0.2) is 12.1 Å². The number of unbranched alkanes of at least 4 members (excludes halogenated alkanes) is 17. The fourth-order valence-electron chi connectivity index (χ4n) is 4.24. The molecule has 2 heteroatoms. The molecule has 0 bridgehead atoms. The fraction of sp³-hybridized carbons (Fsp3) is 0.963. The van der Waals surface area contributed by atoms with Crippen LogP contribution in [0.4, 0.5) is 0 Å². The third-order valence-corrected chi connectivity index (χ3v) is 6.52. The molecule has 172 valence electrons. The molecule has 0 aromatic heterocycles. The minimum absolute atomic E-state index is 0.277. The van der Waals surface area contributed by atoms with E-state index in [4.69, 9.17) is 0 Å². The summed E-state index contributed by atoms with van der Waals surface area (Å²) in [6.07, 6.45) is 27.8. The summed E-state index contributed by atoms with van der Waals surface area (Å²) in [5.41, 5.74) is -0.277. The zero-order valence-electron chi connectivity index (χ0n) is 20.5. The monoisotopic (exact) mass is 406 g/mol. The predicted octanol–water partition coefficient (Wildman–Crippen LogP) is 9.09. The zero-order valence-corrected chi connectivity index (χ0v) is 20.5. The minimum atomic E-state index is -0.277. The van der Waals surface area contributed by atoms with Crippen molar-refractivity contribution in [2.24, 2.45) is 0 Å². The maximum absolute atomic E-state index is 9.74. The number of rotatable bonds is 23. The molecule has 0 aliphatic rings. The van der Waals surface area contributed by atoms with E-state index in [1.807, 2.05) is 0 Å². The van der Waals surface area contributed by atoms with E-state index in [-0.39, 0.29) is 5.54 Å². The summed E-state index contributed by atoms with van der Waals surface area (Å²) in [5.74, 6) is 0. The van der Waals surface area contributed by atoms with E-state index < -0.39 is 0 Å². The summed E-state index contributed by atoms with van der Waals surface area (Å²) >= 11 is 0. The lowest BCUT2D eigenvalue weighted by Crippen LogP contribution is -2.43. The molecule has 2 nitrogen and oxygen atoms in total. The van der Waals surface area contributed by atoms with Crippen molar-refractivity contribution in [2.45, 2.75) is 161 Å². The summed E-state index contributed by atoms with van der Waals surface area (Å²) in [5, 5.41) is 13.4. The largest absolute Gasteiger partial charge is 0.299 e. The highest BCUT2D eigenvalue weighted by Crippen LogP contribution is 2.20. The summed E-state index contributed by atoms with van der Waals surface area (Å²) in [4.78, 5) is 0. The summed E-state index contributed by atoms with van der Waals surface area (Å²) in [7, 11) is 0. The van der Waals surface area contributed by atoms with Crippen LogP contribution in [0.5, 0.6) is 0 Å². The zero-order chi connectivity index (χ0) is 21.5. The van der Waals surface area contributed by atoms with Crippen LogP contribution in [0.3, 0.4) is 0 Å². The van der Waals surface area contributed by atoms with Gasteiger partial charge in [-0.3, -0.25) is 5.32 Å². The lowest BCUT2D eigenvalue weighted by atomic mass is 9.90. The Hall–Kier alpha value is -0.550. The molecular formula is C27H54N2. The van der Waals surface area contributed by atoms with Gasteiger partial charge in [0.15, 0.2) is 0 Å². The molecule has 0 fully saturated rings. The van der Waals surface area contributed by atoms with E-state index in [0.29, 0.717) is 0 Å². The minimum Gasteiger partial charge on any atom is -0.299 e. The third-order valence-electron chi connectivity index (χ3n) is 6.52. The van der Waals surface area contributed by atoms with Gasteiger partial charge in [-0.1, -0.05) is 136 Å². The Morgan fingerprint density at radius 1 is 0.552 bits per heavy atom. The van der Waals surface area contributed by atoms with Gasteiger partial charge in [-0.05, 0) is 25.8 Å². The van der Waals surface area contributed by atoms with Crippen molar-refractivity contribution in [1.29, 1.82) is 5.26 Å². The Labute approximate surface area is 184 Å². The Bertz CT molecular complexity index is 360. The predicted molar refractivity (Wildman–Crippen MR) is 130 cm³/mol. The molecule has 0 aromatic rings. The number of hydrogen-bond acceptors (Lipinski definition) is 2. The summed E-state index contributed by atoms with van der Waals surface area (Å²) < 4.78 is 0. The van der Waals surface area contributed by atoms with Crippen LogP contribution in [0, 0.1) is 11.3 Å². The lowest BCUT2D eigenvalue weighted by Gasteiger charge is -2.27. The number of nitriles is 1. The van der Waals surface area contributed by atoms with E-state index in [9.17, 15) is 5.26 Å². The molecule has 1 atom stereocenters. The van der Waals surface area contributed by atoms with E-state index in [0.717, 1.165) is 19.4 Å². The van der Waals surface area contributed by atoms with Crippen LogP contribution in [0.15, 0.2) is 0 Å². The topological polar surface area (TPSA) is 35.8 Å². The standard InChI is InChI=1S/C27H54N2/c1-4-7-9-11-13-15-16-17-19-21-23-25-29-27(6-3,26-28)24-22-20-18-14-12-10-8-5-2/h29H,4-25H2,1-3H3. The molecular weight excluding hydrogens is 352 g/mol. The molecule has 0 spiro atoms. The molecule has 29 heavy (non-hydrogen) atoms. The van der Waals surface area contributed by atoms with Crippen molar-refractivity contribution < 1.29 is 0 Å². The van der Waals surface area contributed by atoms with Crippen LogP contribution in [0.2, 0.25) is 0 Å². The highest BCUT2D eigenvalue weighted by Gasteiger charge is 2.26. The van der Waals surface area contributed by atoms with Crippen LogP contribution in [0.25, 0.3) is 0 Å². The Morgan fingerprint density at radius 3 is 1.31 bits per heavy atom. The van der Waals surface area contributed by atoms with Crippen molar-refractivity contribution in [2.75, 3.05) is 6.54 Å². The van der Waals surface area contributed by atoms with Crippen molar-refractivity contribution in [3.05, 3.63) is 0 Å². The molecule has 0 amide bonds. The maximum atomic E-state index is 9.74. The average Bonchev–Trinajstić information content (AvgIpc) is 2.75. The van der Waals surface area contributed by atoms with Gasteiger partial charge in [-0.25, -0.2) is 0 Å². The SMILES string of the molecule is CCCCCCCCCCCCCNC(C#N)(CC)CCCCCCCCCC. The molecule has 0 aliphatic heterocycles. The average molecular weight is 407 g/mol. The van der Waals surface area contributed by atoms with Gasteiger partial charge in [0.05, 0.1) is 6.07 Å². The number of nitrogens with zero attached hydrogens (tertiary/aromatic N) is 1. The van der Waals surface area contributed by atoms with E-state index in [1.54, 1.807) is 0 Å². The second-order valence-electron chi connectivity index (χ2n) is 9.23. The van der Waals surface area contributed by atoms with Gasteiger partial charge in [-0.15, -0.1) is 0 Å². The van der Waals surface area contributed by atoms with Crippen molar-refractivity contribution >= 4 is 0 Å². The smallest absolute Gasteiger partial charge is 0.106 e. The maximum Gasteiger partial charge on any atom is 0.106 e. The molecule has 0 radical (unpaired) electrons. The first-order chi connectivity index (χ1) is 14.2. The Kier molecular flexibility index (Phi) is 21.7. The van der Waals surface area contributed by atoms with Crippen LogP contribution < -0.4 is 5.32 Å². The van der Waals surface area contributed by atoms with Gasteiger partial charge in [0.2, 0.25) is 0 Å². The molecule has 0 saturated heterocycles.